The van der Waals surface area contributed by atoms with E-state index >= 15 is 0 Å². The molecule has 6 nitrogen and oxygen atoms in total. The molecule has 25 heavy (non-hydrogen) atoms. The van der Waals surface area contributed by atoms with Crippen molar-refractivity contribution in [2.24, 2.45) is 0 Å². The highest BCUT2D eigenvalue weighted by Crippen LogP contribution is 2.33. The Bertz CT molecular complexity index is 1050. The number of H-pyrrole nitrogens is 1. The second kappa shape index (κ2) is 5.53. The third-order valence-corrected chi connectivity index (χ3v) is 4.73. The van der Waals surface area contributed by atoms with Crippen LogP contribution >= 0.6 is 0 Å². The molecule has 5 rings (SSSR count). The highest BCUT2D eigenvalue weighted by molar-refractivity contribution is 5.81. The molecule has 0 saturated heterocycles. The Balaban J connectivity index is 1.65. The van der Waals surface area contributed by atoms with Crippen LogP contribution in [0, 0.1) is 0 Å². The molecule has 1 aliphatic heterocycles. The molecule has 0 bridgehead atoms. The molecule has 0 aliphatic carbocycles. The average molecular weight is 330 g/mol. The van der Waals surface area contributed by atoms with E-state index < -0.39 is 0 Å². The van der Waals surface area contributed by atoms with E-state index in [0.717, 1.165) is 41.8 Å². The molecule has 0 radical (unpaired) electrons. The molecule has 0 spiro atoms. The quantitative estimate of drug-likeness (QED) is 0.627. The second-order valence-electron chi connectivity index (χ2n) is 6.60. The van der Waals surface area contributed by atoms with Crippen molar-refractivity contribution in [3.63, 3.8) is 0 Å². The van der Waals surface area contributed by atoms with Crippen molar-refractivity contribution in [2.75, 3.05) is 7.05 Å². The summed E-state index contributed by atoms with van der Waals surface area (Å²) in [6, 6.07) is 10.4. The Morgan fingerprint density at radius 3 is 3.04 bits per heavy atom. The standard InChI is InChI=1S/C19H18N6/c1-24-10-15-18(11-24)23-25(9-13-3-2-6-20-8-13)19(15)14-4-5-16-17(7-14)22-12-21-16/h2-8,12H,9-11H2,1H3,(H,21,22). The van der Waals surface area contributed by atoms with Crippen molar-refractivity contribution in [1.29, 1.82) is 0 Å². The minimum Gasteiger partial charge on any atom is -0.345 e. The predicted octanol–water partition coefficient (Wildman–Crippen LogP) is 2.82. The van der Waals surface area contributed by atoms with Gasteiger partial charge in [-0.2, -0.15) is 5.10 Å². The van der Waals surface area contributed by atoms with Crippen LogP contribution in [0.2, 0.25) is 0 Å². The fourth-order valence-corrected chi connectivity index (χ4v) is 3.60. The zero-order valence-corrected chi connectivity index (χ0v) is 14.0. The van der Waals surface area contributed by atoms with E-state index in [-0.39, 0.29) is 0 Å². The van der Waals surface area contributed by atoms with Gasteiger partial charge in [0.15, 0.2) is 0 Å². The van der Waals surface area contributed by atoms with Gasteiger partial charge in [0.25, 0.3) is 0 Å². The van der Waals surface area contributed by atoms with Crippen molar-refractivity contribution in [2.45, 2.75) is 19.6 Å². The summed E-state index contributed by atoms with van der Waals surface area (Å²) >= 11 is 0. The van der Waals surface area contributed by atoms with Crippen LogP contribution < -0.4 is 0 Å². The lowest BCUT2D eigenvalue weighted by Crippen LogP contribution is -2.12. The minimum absolute atomic E-state index is 0.721. The molecule has 1 aliphatic rings. The molecule has 1 aromatic carbocycles. The molecular weight excluding hydrogens is 312 g/mol. The summed E-state index contributed by atoms with van der Waals surface area (Å²) in [5.74, 6) is 0. The first-order chi connectivity index (χ1) is 12.3. The largest absolute Gasteiger partial charge is 0.345 e. The molecule has 0 atom stereocenters. The number of aromatic nitrogens is 5. The van der Waals surface area contributed by atoms with Crippen LogP contribution in [0.5, 0.6) is 0 Å². The molecule has 6 heteroatoms. The number of nitrogens with one attached hydrogen (secondary N) is 1. The van der Waals surface area contributed by atoms with E-state index in [1.807, 2.05) is 12.3 Å². The molecule has 124 valence electrons. The van der Waals surface area contributed by atoms with Crippen LogP contribution in [0.4, 0.5) is 0 Å². The molecular formula is C19H18N6. The molecule has 3 aromatic heterocycles. The minimum atomic E-state index is 0.721. The molecule has 4 heterocycles. The van der Waals surface area contributed by atoms with E-state index in [0.29, 0.717) is 0 Å². The van der Waals surface area contributed by atoms with Gasteiger partial charge in [0.05, 0.1) is 35.3 Å². The van der Waals surface area contributed by atoms with Crippen LogP contribution in [-0.4, -0.2) is 36.7 Å². The van der Waals surface area contributed by atoms with Gasteiger partial charge in [-0.1, -0.05) is 12.1 Å². The molecule has 4 aromatic rings. The number of fused-ring (bicyclic) bond motifs is 2. The number of hydrogen-bond acceptors (Lipinski definition) is 4. The maximum atomic E-state index is 4.90. The van der Waals surface area contributed by atoms with Gasteiger partial charge in [0.1, 0.15) is 0 Å². The Hall–Kier alpha value is -2.99. The number of pyridine rings is 1. The summed E-state index contributed by atoms with van der Waals surface area (Å²) in [4.78, 5) is 14.1. The van der Waals surface area contributed by atoms with Crippen molar-refractivity contribution in [3.8, 4) is 11.3 Å². The SMILES string of the molecule is CN1Cc2nn(Cc3cccnc3)c(-c3ccc4[nH]cnc4c3)c2C1. The molecule has 0 unspecified atom stereocenters. The van der Waals surface area contributed by atoms with Crippen LogP contribution in [0.3, 0.4) is 0 Å². The first-order valence-corrected chi connectivity index (χ1v) is 8.37. The van der Waals surface area contributed by atoms with Crippen LogP contribution in [-0.2, 0) is 19.6 Å². The maximum Gasteiger partial charge on any atom is 0.0931 e. The van der Waals surface area contributed by atoms with Gasteiger partial charge in [-0.3, -0.25) is 14.6 Å². The van der Waals surface area contributed by atoms with Gasteiger partial charge in [0, 0.05) is 36.6 Å². The lowest BCUT2D eigenvalue weighted by Gasteiger charge is -2.12. The fourth-order valence-electron chi connectivity index (χ4n) is 3.60. The third-order valence-electron chi connectivity index (χ3n) is 4.73. The van der Waals surface area contributed by atoms with Gasteiger partial charge < -0.3 is 4.98 Å². The van der Waals surface area contributed by atoms with Crippen molar-refractivity contribution in [3.05, 3.63) is 65.9 Å². The third kappa shape index (κ3) is 2.42. The smallest absolute Gasteiger partial charge is 0.0931 e. The second-order valence-corrected chi connectivity index (χ2v) is 6.60. The first kappa shape index (κ1) is 14.4. The Morgan fingerprint density at radius 2 is 2.16 bits per heavy atom. The zero-order chi connectivity index (χ0) is 16.8. The summed E-state index contributed by atoms with van der Waals surface area (Å²) < 4.78 is 2.11. The van der Waals surface area contributed by atoms with E-state index in [2.05, 4.69) is 55.8 Å². The molecule has 0 saturated carbocycles. The molecule has 0 amide bonds. The topological polar surface area (TPSA) is 62.6 Å². The summed E-state index contributed by atoms with van der Waals surface area (Å²) in [7, 11) is 2.13. The Kier molecular flexibility index (Phi) is 3.18. The zero-order valence-electron chi connectivity index (χ0n) is 14.0. The highest BCUT2D eigenvalue weighted by atomic mass is 15.3. The van der Waals surface area contributed by atoms with Gasteiger partial charge in [0.2, 0.25) is 0 Å². The Labute approximate surface area is 145 Å². The number of imidazole rings is 1. The number of nitrogens with zero attached hydrogens (tertiary/aromatic N) is 5. The van der Waals surface area contributed by atoms with Gasteiger partial charge in [-0.15, -0.1) is 0 Å². The Morgan fingerprint density at radius 1 is 1.20 bits per heavy atom. The average Bonchev–Trinajstić information content (AvgIpc) is 3.29. The van der Waals surface area contributed by atoms with Gasteiger partial charge in [-0.05, 0) is 30.8 Å². The van der Waals surface area contributed by atoms with E-state index in [1.165, 1.54) is 17.0 Å². The predicted molar refractivity (Wildman–Crippen MR) is 95.8 cm³/mol. The maximum absolute atomic E-state index is 4.90. The summed E-state index contributed by atoms with van der Waals surface area (Å²) in [5.41, 5.74) is 8.02. The monoisotopic (exact) mass is 330 g/mol. The van der Waals surface area contributed by atoms with Crippen molar-refractivity contribution in [1.82, 2.24) is 29.6 Å². The molecule has 0 fully saturated rings. The van der Waals surface area contributed by atoms with E-state index in [1.54, 1.807) is 12.5 Å². The number of rotatable bonds is 3. The first-order valence-electron chi connectivity index (χ1n) is 8.37. The highest BCUT2D eigenvalue weighted by Gasteiger charge is 2.26. The van der Waals surface area contributed by atoms with Crippen molar-refractivity contribution >= 4 is 11.0 Å². The van der Waals surface area contributed by atoms with E-state index in [4.69, 9.17) is 5.10 Å². The summed E-state index contributed by atoms with van der Waals surface area (Å²) in [6.45, 7) is 2.54. The van der Waals surface area contributed by atoms with Crippen LogP contribution in [0.1, 0.15) is 16.8 Å². The van der Waals surface area contributed by atoms with Crippen LogP contribution in [0.25, 0.3) is 22.3 Å². The summed E-state index contributed by atoms with van der Waals surface area (Å²) in [6.07, 6.45) is 5.44. The lowest BCUT2D eigenvalue weighted by atomic mass is 10.1. The van der Waals surface area contributed by atoms with Crippen LogP contribution in [0.15, 0.2) is 49.1 Å². The van der Waals surface area contributed by atoms with Gasteiger partial charge >= 0.3 is 0 Å². The van der Waals surface area contributed by atoms with Gasteiger partial charge in [-0.25, -0.2) is 4.98 Å². The molecule has 1 N–H and O–H groups in total. The lowest BCUT2D eigenvalue weighted by molar-refractivity contribution is 0.346. The number of aromatic amines is 1. The summed E-state index contributed by atoms with van der Waals surface area (Å²) in [5, 5.41) is 4.90. The number of benzene rings is 1. The number of hydrogen-bond donors (Lipinski definition) is 1. The van der Waals surface area contributed by atoms with E-state index in [9.17, 15) is 0 Å². The van der Waals surface area contributed by atoms with Crippen molar-refractivity contribution < 1.29 is 0 Å². The normalized spacial score (nSPS) is 14.3. The fraction of sp³-hybridized carbons (Fsp3) is 0.211.